The molecule has 2 rings (SSSR count). The highest BCUT2D eigenvalue weighted by molar-refractivity contribution is 5.54. The van der Waals surface area contributed by atoms with Gasteiger partial charge in [-0.2, -0.15) is 0 Å². The number of rotatable bonds is 6. The van der Waals surface area contributed by atoms with Crippen molar-refractivity contribution in [3.8, 4) is 0 Å². The topological polar surface area (TPSA) is 83.3 Å². The van der Waals surface area contributed by atoms with E-state index in [0.29, 0.717) is 17.6 Å². The van der Waals surface area contributed by atoms with E-state index >= 15 is 0 Å². The van der Waals surface area contributed by atoms with Gasteiger partial charge in [-0.1, -0.05) is 6.92 Å². The number of piperidine rings is 1. The van der Waals surface area contributed by atoms with E-state index in [0.717, 1.165) is 39.0 Å². The van der Waals surface area contributed by atoms with Gasteiger partial charge in [0.15, 0.2) is 0 Å². The van der Waals surface area contributed by atoms with E-state index in [1.807, 2.05) is 0 Å². The maximum atomic E-state index is 10.9. The van der Waals surface area contributed by atoms with Crippen molar-refractivity contribution in [2.24, 2.45) is 5.92 Å². The summed E-state index contributed by atoms with van der Waals surface area (Å²) in [6.07, 6.45) is 2.32. The van der Waals surface area contributed by atoms with Crippen LogP contribution in [-0.2, 0) is 0 Å². The molecule has 0 atom stereocenters. The number of nitrogens with one attached hydrogen (secondary N) is 2. The Morgan fingerprint density at radius 3 is 2.62 bits per heavy atom. The molecule has 1 aromatic rings. The van der Waals surface area contributed by atoms with Crippen molar-refractivity contribution in [1.29, 1.82) is 0 Å². The second-order valence-electron chi connectivity index (χ2n) is 5.36. The average Bonchev–Trinajstić information content (AvgIpc) is 2.53. The third-order valence-electron chi connectivity index (χ3n) is 4.00. The molecule has 1 fully saturated rings. The second kappa shape index (κ2) is 7.21. The monoisotopic (exact) mass is 293 g/mol. The van der Waals surface area contributed by atoms with Crippen LogP contribution >= 0.6 is 0 Å². The summed E-state index contributed by atoms with van der Waals surface area (Å²) in [4.78, 5) is 17.3. The van der Waals surface area contributed by atoms with Crippen molar-refractivity contribution >= 4 is 17.3 Å². The van der Waals surface area contributed by atoms with Crippen LogP contribution in [0.15, 0.2) is 12.1 Å². The van der Waals surface area contributed by atoms with Crippen molar-refractivity contribution in [3.05, 3.63) is 22.2 Å². The molecule has 21 heavy (non-hydrogen) atoms. The number of nitrogens with zero attached hydrogens (tertiary/aromatic N) is 3. The molecule has 1 aromatic heterocycles. The molecule has 2 heterocycles. The first-order valence-electron chi connectivity index (χ1n) is 7.42. The van der Waals surface area contributed by atoms with Gasteiger partial charge in [0.25, 0.3) is 5.69 Å². The molecule has 0 spiro atoms. The molecule has 0 saturated carbocycles. The first kappa shape index (κ1) is 15.5. The van der Waals surface area contributed by atoms with Crippen LogP contribution in [0.25, 0.3) is 0 Å². The summed E-state index contributed by atoms with van der Waals surface area (Å²) in [5, 5.41) is 17.0. The maximum absolute atomic E-state index is 10.9. The number of likely N-dealkylation sites (tertiary alicyclic amines) is 1. The minimum absolute atomic E-state index is 0.0534. The minimum Gasteiger partial charge on any atom is -0.373 e. The lowest BCUT2D eigenvalue weighted by atomic mass is 9.97. The number of hydrogen-bond acceptors (Lipinski definition) is 6. The Hall–Kier alpha value is -1.89. The lowest BCUT2D eigenvalue weighted by Gasteiger charge is -2.31. The molecular formula is C14H23N5O2. The van der Waals surface area contributed by atoms with Crippen LogP contribution in [0.2, 0.25) is 0 Å². The van der Waals surface area contributed by atoms with Gasteiger partial charge < -0.3 is 15.5 Å². The summed E-state index contributed by atoms with van der Waals surface area (Å²) >= 11 is 0. The Morgan fingerprint density at radius 1 is 1.38 bits per heavy atom. The lowest BCUT2D eigenvalue weighted by molar-refractivity contribution is -0.384. The van der Waals surface area contributed by atoms with Crippen molar-refractivity contribution < 1.29 is 4.92 Å². The van der Waals surface area contributed by atoms with Gasteiger partial charge in [0.05, 0.1) is 17.1 Å². The Morgan fingerprint density at radius 2 is 2.05 bits per heavy atom. The smallest absolute Gasteiger partial charge is 0.276 e. The first-order valence-corrected chi connectivity index (χ1v) is 7.42. The lowest BCUT2D eigenvalue weighted by Crippen LogP contribution is -2.35. The van der Waals surface area contributed by atoms with Gasteiger partial charge in [-0.15, -0.1) is 0 Å². The van der Waals surface area contributed by atoms with Crippen LogP contribution in [0, 0.1) is 16.0 Å². The Bertz CT molecular complexity index is 486. The van der Waals surface area contributed by atoms with Gasteiger partial charge in [0, 0.05) is 13.6 Å². The normalized spacial score (nSPS) is 16.7. The molecule has 1 aliphatic heterocycles. The van der Waals surface area contributed by atoms with Gasteiger partial charge >= 0.3 is 0 Å². The van der Waals surface area contributed by atoms with Gasteiger partial charge in [0.2, 0.25) is 0 Å². The molecule has 116 valence electrons. The third-order valence-corrected chi connectivity index (χ3v) is 4.00. The standard InChI is InChI=1S/C14H23N5O2/c1-3-18-6-4-11(5-7-18)10-16-14-9-12(19(20)21)8-13(15-2)17-14/h8-9,11H,3-7,10H2,1-2H3,(H2,15,16,17). The maximum Gasteiger partial charge on any atom is 0.276 e. The fraction of sp³-hybridized carbons (Fsp3) is 0.643. The number of hydrogen-bond donors (Lipinski definition) is 2. The number of aromatic nitrogens is 1. The van der Waals surface area contributed by atoms with E-state index in [2.05, 4.69) is 27.4 Å². The Balaban J connectivity index is 1.93. The molecule has 0 bridgehead atoms. The van der Waals surface area contributed by atoms with E-state index in [-0.39, 0.29) is 5.69 Å². The summed E-state index contributed by atoms with van der Waals surface area (Å²) in [6, 6.07) is 2.92. The highest BCUT2D eigenvalue weighted by Crippen LogP contribution is 2.22. The summed E-state index contributed by atoms with van der Waals surface area (Å²) in [6.45, 7) is 6.37. The molecule has 1 aliphatic rings. The van der Waals surface area contributed by atoms with E-state index < -0.39 is 4.92 Å². The molecule has 0 radical (unpaired) electrons. The molecule has 0 aliphatic carbocycles. The highest BCUT2D eigenvalue weighted by Gasteiger charge is 2.18. The predicted molar refractivity (Wildman–Crippen MR) is 83.8 cm³/mol. The zero-order valence-electron chi connectivity index (χ0n) is 12.6. The molecule has 7 nitrogen and oxygen atoms in total. The quantitative estimate of drug-likeness (QED) is 0.618. The largest absolute Gasteiger partial charge is 0.373 e. The molecule has 0 amide bonds. The number of nitro groups is 1. The SMILES string of the molecule is CCN1CCC(CNc2cc([N+](=O)[O-])cc(NC)n2)CC1. The highest BCUT2D eigenvalue weighted by atomic mass is 16.6. The second-order valence-corrected chi connectivity index (χ2v) is 5.36. The van der Waals surface area contributed by atoms with Gasteiger partial charge in [-0.25, -0.2) is 4.98 Å². The zero-order valence-corrected chi connectivity index (χ0v) is 12.6. The van der Waals surface area contributed by atoms with E-state index in [1.165, 1.54) is 12.1 Å². The molecule has 0 aromatic carbocycles. The molecular weight excluding hydrogens is 270 g/mol. The molecule has 1 saturated heterocycles. The van der Waals surface area contributed by atoms with E-state index in [9.17, 15) is 10.1 Å². The predicted octanol–water partition coefficient (Wildman–Crippen LogP) is 2.18. The van der Waals surface area contributed by atoms with Crippen LogP contribution in [-0.4, -0.2) is 48.0 Å². The zero-order chi connectivity index (χ0) is 15.2. The van der Waals surface area contributed by atoms with Crippen LogP contribution in [0.1, 0.15) is 19.8 Å². The molecule has 2 N–H and O–H groups in total. The average molecular weight is 293 g/mol. The van der Waals surface area contributed by atoms with Crippen LogP contribution in [0.3, 0.4) is 0 Å². The van der Waals surface area contributed by atoms with E-state index in [4.69, 9.17) is 0 Å². The minimum atomic E-state index is -0.395. The van der Waals surface area contributed by atoms with Gasteiger partial charge in [-0.05, 0) is 38.4 Å². The molecule has 0 unspecified atom stereocenters. The van der Waals surface area contributed by atoms with Crippen LogP contribution in [0.5, 0.6) is 0 Å². The molecule has 7 heteroatoms. The summed E-state index contributed by atoms with van der Waals surface area (Å²) in [5.41, 5.74) is 0.0534. The van der Waals surface area contributed by atoms with Crippen LogP contribution in [0.4, 0.5) is 17.3 Å². The Kier molecular flexibility index (Phi) is 5.32. The van der Waals surface area contributed by atoms with Crippen molar-refractivity contribution in [1.82, 2.24) is 9.88 Å². The van der Waals surface area contributed by atoms with Crippen molar-refractivity contribution in [3.63, 3.8) is 0 Å². The third kappa shape index (κ3) is 4.29. The summed E-state index contributed by atoms with van der Waals surface area (Å²) in [7, 11) is 1.70. The number of pyridine rings is 1. The van der Waals surface area contributed by atoms with Gasteiger partial charge in [-0.3, -0.25) is 10.1 Å². The fourth-order valence-corrected chi connectivity index (χ4v) is 2.60. The Labute approximate surface area is 124 Å². The fourth-order valence-electron chi connectivity index (χ4n) is 2.60. The van der Waals surface area contributed by atoms with Crippen molar-refractivity contribution in [2.75, 3.05) is 43.9 Å². The summed E-state index contributed by atoms with van der Waals surface area (Å²) in [5.74, 6) is 1.67. The summed E-state index contributed by atoms with van der Waals surface area (Å²) < 4.78 is 0. The van der Waals surface area contributed by atoms with Crippen LogP contribution < -0.4 is 10.6 Å². The van der Waals surface area contributed by atoms with E-state index in [1.54, 1.807) is 7.05 Å². The van der Waals surface area contributed by atoms with Gasteiger partial charge in [0.1, 0.15) is 11.6 Å². The van der Waals surface area contributed by atoms with Crippen molar-refractivity contribution in [2.45, 2.75) is 19.8 Å². The first-order chi connectivity index (χ1) is 10.1. The number of anilines is 2.